The summed E-state index contributed by atoms with van der Waals surface area (Å²) in [6.07, 6.45) is 6.37. The SMILES string of the molecule is CN(CCC(=O)N1CC[C@]2(CCCN(CC3CC3)C2=O)C1)S(C)(=O)=O. The Kier molecular flexibility index (Phi) is 5.12. The molecule has 1 spiro atoms. The normalized spacial score (nSPS) is 27.6. The monoisotopic (exact) mass is 371 g/mol. The van der Waals surface area contributed by atoms with Gasteiger partial charge in [0, 0.05) is 46.2 Å². The highest BCUT2D eigenvalue weighted by atomic mass is 32.2. The van der Waals surface area contributed by atoms with E-state index in [0.29, 0.717) is 19.0 Å². The van der Waals surface area contributed by atoms with Crippen molar-refractivity contribution in [3.05, 3.63) is 0 Å². The zero-order chi connectivity index (χ0) is 18.2. The Balaban J connectivity index is 1.56. The maximum Gasteiger partial charge on any atom is 0.230 e. The van der Waals surface area contributed by atoms with Crippen LogP contribution in [-0.4, -0.2) is 80.4 Å². The number of carbonyl (C=O) groups is 2. The maximum absolute atomic E-state index is 13.0. The van der Waals surface area contributed by atoms with Crippen molar-refractivity contribution in [1.29, 1.82) is 0 Å². The number of rotatable bonds is 6. The molecule has 1 aliphatic carbocycles. The molecule has 25 heavy (non-hydrogen) atoms. The van der Waals surface area contributed by atoms with Gasteiger partial charge in [-0.05, 0) is 38.0 Å². The number of hydrogen-bond donors (Lipinski definition) is 0. The van der Waals surface area contributed by atoms with Crippen LogP contribution in [0.2, 0.25) is 0 Å². The standard InChI is InChI=1S/C17H29N3O4S/c1-18(25(2,23)24)10-6-15(21)20-11-8-17(13-20)7-3-9-19(16(17)22)12-14-4-5-14/h14H,3-13H2,1-2H3/t17-/m1/s1. The van der Waals surface area contributed by atoms with Gasteiger partial charge in [-0.3, -0.25) is 9.59 Å². The molecule has 2 saturated heterocycles. The lowest BCUT2D eigenvalue weighted by Crippen LogP contribution is -2.51. The molecular weight excluding hydrogens is 342 g/mol. The summed E-state index contributed by atoms with van der Waals surface area (Å²) >= 11 is 0. The third-order valence-corrected chi connectivity index (χ3v) is 7.23. The number of amides is 2. The fourth-order valence-electron chi connectivity index (χ4n) is 3.98. The Morgan fingerprint density at radius 1 is 1.28 bits per heavy atom. The van der Waals surface area contributed by atoms with Gasteiger partial charge in [-0.1, -0.05) is 0 Å². The molecule has 0 radical (unpaired) electrons. The fourth-order valence-corrected chi connectivity index (χ4v) is 4.40. The zero-order valence-electron chi connectivity index (χ0n) is 15.2. The smallest absolute Gasteiger partial charge is 0.230 e. The molecular formula is C17H29N3O4S. The van der Waals surface area contributed by atoms with Crippen molar-refractivity contribution < 1.29 is 18.0 Å². The van der Waals surface area contributed by atoms with Crippen LogP contribution in [0.4, 0.5) is 0 Å². The van der Waals surface area contributed by atoms with Crippen LogP contribution in [0.15, 0.2) is 0 Å². The van der Waals surface area contributed by atoms with Gasteiger partial charge in [0.05, 0.1) is 11.7 Å². The first kappa shape index (κ1) is 18.6. The largest absolute Gasteiger partial charge is 0.342 e. The summed E-state index contributed by atoms with van der Waals surface area (Å²) in [5.41, 5.74) is -0.397. The van der Waals surface area contributed by atoms with Crippen molar-refractivity contribution in [1.82, 2.24) is 14.1 Å². The van der Waals surface area contributed by atoms with Crippen LogP contribution in [-0.2, 0) is 19.6 Å². The van der Waals surface area contributed by atoms with Gasteiger partial charge in [-0.25, -0.2) is 12.7 Å². The molecule has 2 amide bonds. The molecule has 3 rings (SSSR count). The molecule has 0 aromatic heterocycles. The van der Waals surface area contributed by atoms with Crippen molar-refractivity contribution in [2.75, 3.05) is 46.0 Å². The van der Waals surface area contributed by atoms with Crippen LogP contribution in [0.3, 0.4) is 0 Å². The number of carbonyl (C=O) groups excluding carboxylic acids is 2. The van der Waals surface area contributed by atoms with E-state index in [1.54, 1.807) is 4.90 Å². The van der Waals surface area contributed by atoms with Crippen LogP contribution < -0.4 is 0 Å². The fraction of sp³-hybridized carbons (Fsp3) is 0.882. The summed E-state index contributed by atoms with van der Waals surface area (Å²) < 4.78 is 24.1. The predicted octanol–water partition coefficient (Wildman–Crippen LogP) is 0.519. The van der Waals surface area contributed by atoms with Crippen LogP contribution in [0.5, 0.6) is 0 Å². The number of piperidine rings is 1. The van der Waals surface area contributed by atoms with Gasteiger partial charge in [-0.15, -0.1) is 0 Å². The summed E-state index contributed by atoms with van der Waals surface area (Å²) in [6.45, 7) is 3.01. The van der Waals surface area contributed by atoms with Crippen molar-refractivity contribution >= 4 is 21.8 Å². The van der Waals surface area contributed by atoms with Gasteiger partial charge in [0.2, 0.25) is 21.8 Å². The summed E-state index contributed by atoms with van der Waals surface area (Å²) in [7, 11) is -1.79. The maximum atomic E-state index is 13.0. The molecule has 3 fully saturated rings. The lowest BCUT2D eigenvalue weighted by molar-refractivity contribution is -0.146. The summed E-state index contributed by atoms with van der Waals surface area (Å²) in [6, 6.07) is 0. The minimum atomic E-state index is -3.27. The quantitative estimate of drug-likeness (QED) is 0.682. The topological polar surface area (TPSA) is 78.0 Å². The lowest BCUT2D eigenvalue weighted by atomic mass is 9.78. The Morgan fingerprint density at radius 2 is 2.00 bits per heavy atom. The van der Waals surface area contributed by atoms with Crippen molar-refractivity contribution in [3.8, 4) is 0 Å². The molecule has 0 N–H and O–H groups in total. The van der Waals surface area contributed by atoms with Crippen LogP contribution >= 0.6 is 0 Å². The third-order valence-electron chi connectivity index (χ3n) is 5.91. The van der Waals surface area contributed by atoms with Gasteiger partial charge in [0.1, 0.15) is 0 Å². The molecule has 2 heterocycles. The van der Waals surface area contributed by atoms with Crippen molar-refractivity contribution in [2.45, 2.75) is 38.5 Å². The predicted molar refractivity (Wildman–Crippen MR) is 94.3 cm³/mol. The summed E-state index contributed by atoms with van der Waals surface area (Å²) in [5, 5.41) is 0. The first-order chi connectivity index (χ1) is 11.7. The van der Waals surface area contributed by atoms with Gasteiger partial charge < -0.3 is 9.80 Å². The molecule has 8 heteroatoms. The molecule has 0 aromatic carbocycles. The Labute approximate surface area is 150 Å². The van der Waals surface area contributed by atoms with Gasteiger partial charge in [-0.2, -0.15) is 0 Å². The highest BCUT2D eigenvalue weighted by molar-refractivity contribution is 7.88. The van der Waals surface area contributed by atoms with E-state index in [1.165, 1.54) is 24.2 Å². The second kappa shape index (κ2) is 6.87. The van der Waals surface area contributed by atoms with E-state index in [0.717, 1.165) is 38.6 Å². The minimum Gasteiger partial charge on any atom is -0.342 e. The van der Waals surface area contributed by atoms with Gasteiger partial charge in [0.15, 0.2) is 0 Å². The van der Waals surface area contributed by atoms with E-state index >= 15 is 0 Å². The second-order valence-electron chi connectivity index (χ2n) is 7.98. The zero-order valence-corrected chi connectivity index (χ0v) is 16.1. The van der Waals surface area contributed by atoms with Crippen molar-refractivity contribution in [3.63, 3.8) is 0 Å². The van der Waals surface area contributed by atoms with Gasteiger partial charge in [0.25, 0.3) is 0 Å². The molecule has 0 bridgehead atoms. The van der Waals surface area contributed by atoms with E-state index < -0.39 is 15.4 Å². The lowest BCUT2D eigenvalue weighted by Gasteiger charge is -2.39. The van der Waals surface area contributed by atoms with Crippen LogP contribution in [0.1, 0.15) is 38.5 Å². The molecule has 1 saturated carbocycles. The molecule has 142 valence electrons. The molecule has 3 aliphatic rings. The van der Waals surface area contributed by atoms with E-state index in [2.05, 4.69) is 0 Å². The van der Waals surface area contributed by atoms with E-state index in [9.17, 15) is 18.0 Å². The number of sulfonamides is 1. The Morgan fingerprint density at radius 3 is 2.64 bits per heavy atom. The van der Waals surface area contributed by atoms with E-state index in [4.69, 9.17) is 0 Å². The average molecular weight is 372 g/mol. The average Bonchev–Trinajstić information content (AvgIpc) is 3.26. The molecule has 0 aromatic rings. The first-order valence-corrected chi connectivity index (χ1v) is 11.0. The van der Waals surface area contributed by atoms with E-state index in [1.807, 2.05) is 4.90 Å². The minimum absolute atomic E-state index is 0.0560. The molecule has 2 aliphatic heterocycles. The first-order valence-electron chi connectivity index (χ1n) is 9.20. The van der Waals surface area contributed by atoms with Gasteiger partial charge >= 0.3 is 0 Å². The highest BCUT2D eigenvalue weighted by Crippen LogP contribution is 2.41. The Bertz CT molecular complexity index is 646. The molecule has 7 nitrogen and oxygen atoms in total. The Hall–Kier alpha value is -1.15. The van der Waals surface area contributed by atoms with Crippen LogP contribution in [0.25, 0.3) is 0 Å². The second-order valence-corrected chi connectivity index (χ2v) is 10.1. The molecule has 1 atom stereocenters. The van der Waals surface area contributed by atoms with E-state index in [-0.39, 0.29) is 24.8 Å². The number of hydrogen-bond acceptors (Lipinski definition) is 4. The highest BCUT2D eigenvalue weighted by Gasteiger charge is 2.49. The number of nitrogens with zero attached hydrogens (tertiary/aromatic N) is 3. The van der Waals surface area contributed by atoms with Crippen LogP contribution in [0, 0.1) is 11.3 Å². The molecule has 0 unspecified atom stereocenters. The van der Waals surface area contributed by atoms with Crippen molar-refractivity contribution in [2.24, 2.45) is 11.3 Å². The third kappa shape index (κ3) is 4.16. The summed E-state index contributed by atoms with van der Waals surface area (Å²) in [5.74, 6) is 0.860. The summed E-state index contributed by atoms with van der Waals surface area (Å²) in [4.78, 5) is 29.2. The number of likely N-dealkylation sites (tertiary alicyclic amines) is 2.